The van der Waals surface area contributed by atoms with Crippen LogP contribution in [0, 0.1) is 0 Å². The van der Waals surface area contributed by atoms with Gasteiger partial charge in [-0.05, 0) is 31.0 Å². The van der Waals surface area contributed by atoms with E-state index in [4.69, 9.17) is 10.6 Å². The van der Waals surface area contributed by atoms with Gasteiger partial charge < -0.3 is 5.73 Å². The fraction of sp³-hybridized carbons (Fsp3) is 0.455. The molecule has 1 aromatic carbocycles. The molecule has 1 heterocycles. The van der Waals surface area contributed by atoms with Crippen LogP contribution in [0.15, 0.2) is 18.2 Å². The Labute approximate surface area is 96.9 Å². The molecule has 17 heavy (non-hydrogen) atoms. The first-order valence-corrected chi connectivity index (χ1v) is 5.35. The molecule has 0 radical (unpaired) electrons. The predicted octanol–water partition coefficient (Wildman–Crippen LogP) is 2.82. The Bertz CT molecular complexity index is 400. The van der Waals surface area contributed by atoms with Crippen molar-refractivity contribution >= 4 is 11.4 Å². The van der Waals surface area contributed by atoms with Gasteiger partial charge in [0.25, 0.3) is 0 Å². The van der Waals surface area contributed by atoms with E-state index in [9.17, 15) is 13.2 Å². The number of hydroxylamine groups is 1. The summed E-state index contributed by atoms with van der Waals surface area (Å²) in [5.74, 6) is 0. The van der Waals surface area contributed by atoms with E-state index in [0.29, 0.717) is 18.8 Å². The second kappa shape index (κ2) is 4.44. The van der Waals surface area contributed by atoms with E-state index in [0.717, 1.165) is 25.0 Å². The van der Waals surface area contributed by atoms with E-state index in [1.165, 1.54) is 6.07 Å². The maximum atomic E-state index is 12.4. The second-order valence-electron chi connectivity index (χ2n) is 3.91. The van der Waals surface area contributed by atoms with Crippen molar-refractivity contribution < 1.29 is 18.0 Å². The van der Waals surface area contributed by atoms with Gasteiger partial charge >= 0.3 is 6.18 Å². The number of alkyl halides is 3. The third-order valence-electron chi connectivity index (χ3n) is 2.63. The number of benzene rings is 1. The molecule has 1 aliphatic rings. The summed E-state index contributed by atoms with van der Waals surface area (Å²) in [5, 5.41) is 1.55. The van der Waals surface area contributed by atoms with Crippen LogP contribution in [0.2, 0.25) is 0 Å². The smallest absolute Gasteiger partial charge is 0.397 e. The largest absolute Gasteiger partial charge is 0.416 e. The third kappa shape index (κ3) is 2.63. The molecule has 0 aromatic heterocycles. The van der Waals surface area contributed by atoms with E-state index in [-0.39, 0.29) is 5.69 Å². The molecule has 1 aliphatic heterocycles. The van der Waals surface area contributed by atoms with Gasteiger partial charge in [0, 0.05) is 6.54 Å². The fourth-order valence-corrected chi connectivity index (χ4v) is 1.74. The van der Waals surface area contributed by atoms with Crippen LogP contribution in [0.1, 0.15) is 18.4 Å². The Morgan fingerprint density at radius 1 is 1.24 bits per heavy atom. The van der Waals surface area contributed by atoms with E-state index < -0.39 is 11.7 Å². The normalized spacial score (nSPS) is 17.2. The molecule has 0 aliphatic carbocycles. The summed E-state index contributed by atoms with van der Waals surface area (Å²) in [7, 11) is 0. The molecule has 0 atom stereocenters. The van der Waals surface area contributed by atoms with Crippen molar-refractivity contribution in [2.75, 3.05) is 23.9 Å². The van der Waals surface area contributed by atoms with Crippen molar-refractivity contribution in [3.8, 4) is 0 Å². The lowest BCUT2D eigenvalue weighted by molar-refractivity contribution is -0.137. The molecule has 94 valence electrons. The minimum atomic E-state index is -4.37. The Hall–Kier alpha value is -1.43. The van der Waals surface area contributed by atoms with Gasteiger partial charge in [-0.15, -0.1) is 0 Å². The fourth-order valence-electron chi connectivity index (χ4n) is 1.74. The Balaban J connectivity index is 2.25. The maximum absolute atomic E-state index is 12.4. The SMILES string of the molecule is Nc1cc(C(F)(F)F)ccc1N1CCCCO1. The van der Waals surface area contributed by atoms with Crippen molar-refractivity contribution in [3.63, 3.8) is 0 Å². The van der Waals surface area contributed by atoms with Crippen molar-refractivity contribution in [1.82, 2.24) is 0 Å². The molecule has 0 saturated carbocycles. The van der Waals surface area contributed by atoms with Crippen LogP contribution >= 0.6 is 0 Å². The van der Waals surface area contributed by atoms with Gasteiger partial charge in [0.15, 0.2) is 0 Å². The van der Waals surface area contributed by atoms with Gasteiger partial charge in [0.05, 0.1) is 23.5 Å². The minimum absolute atomic E-state index is 0.0849. The van der Waals surface area contributed by atoms with Gasteiger partial charge in [0.1, 0.15) is 0 Å². The zero-order valence-corrected chi connectivity index (χ0v) is 9.13. The summed E-state index contributed by atoms with van der Waals surface area (Å²) in [5.41, 5.74) is 5.47. The molecule has 1 fully saturated rings. The van der Waals surface area contributed by atoms with Gasteiger partial charge in [-0.25, -0.2) is 0 Å². The average Bonchev–Trinajstić information content (AvgIpc) is 2.29. The van der Waals surface area contributed by atoms with Crippen LogP contribution in [-0.4, -0.2) is 13.2 Å². The van der Waals surface area contributed by atoms with Crippen molar-refractivity contribution in [2.24, 2.45) is 0 Å². The van der Waals surface area contributed by atoms with Gasteiger partial charge in [-0.3, -0.25) is 9.90 Å². The molecular weight excluding hydrogens is 233 g/mol. The summed E-state index contributed by atoms with van der Waals surface area (Å²) in [6, 6.07) is 3.31. The zero-order valence-electron chi connectivity index (χ0n) is 9.13. The topological polar surface area (TPSA) is 38.5 Å². The van der Waals surface area contributed by atoms with Crippen LogP contribution in [0.5, 0.6) is 0 Å². The maximum Gasteiger partial charge on any atom is 0.416 e. The molecule has 6 heteroatoms. The molecule has 0 bridgehead atoms. The van der Waals surface area contributed by atoms with Crippen molar-refractivity contribution in [3.05, 3.63) is 23.8 Å². The second-order valence-corrected chi connectivity index (χ2v) is 3.91. The van der Waals surface area contributed by atoms with Crippen molar-refractivity contribution in [1.29, 1.82) is 0 Å². The lowest BCUT2D eigenvalue weighted by atomic mass is 10.1. The third-order valence-corrected chi connectivity index (χ3v) is 2.63. The highest BCUT2D eigenvalue weighted by Crippen LogP contribution is 2.34. The number of nitrogens with two attached hydrogens (primary N) is 1. The number of halogens is 3. The first kappa shape index (κ1) is 12.0. The standard InChI is InChI=1S/C11H13F3N2O/c12-11(13,14)8-3-4-10(9(15)7-8)16-5-1-2-6-17-16/h3-4,7H,1-2,5-6,15H2. The Morgan fingerprint density at radius 2 is 2.00 bits per heavy atom. The summed E-state index contributed by atoms with van der Waals surface area (Å²) < 4.78 is 37.3. The first-order valence-electron chi connectivity index (χ1n) is 5.35. The van der Waals surface area contributed by atoms with E-state index in [2.05, 4.69) is 0 Å². The van der Waals surface area contributed by atoms with Crippen LogP contribution < -0.4 is 10.8 Å². The first-order chi connectivity index (χ1) is 7.98. The highest BCUT2D eigenvalue weighted by molar-refractivity contribution is 5.67. The minimum Gasteiger partial charge on any atom is -0.397 e. The number of anilines is 2. The van der Waals surface area contributed by atoms with E-state index >= 15 is 0 Å². The monoisotopic (exact) mass is 246 g/mol. The molecule has 0 unspecified atom stereocenters. The molecular formula is C11H13F3N2O. The van der Waals surface area contributed by atoms with Crippen molar-refractivity contribution in [2.45, 2.75) is 19.0 Å². The van der Waals surface area contributed by atoms with Gasteiger partial charge in [-0.2, -0.15) is 13.2 Å². The van der Waals surface area contributed by atoms with Gasteiger partial charge in [-0.1, -0.05) is 0 Å². The molecule has 1 saturated heterocycles. The summed E-state index contributed by atoms with van der Waals surface area (Å²) in [6.07, 6.45) is -2.47. The lowest BCUT2D eigenvalue weighted by Gasteiger charge is -2.29. The average molecular weight is 246 g/mol. The number of hydrogen-bond donors (Lipinski definition) is 1. The highest BCUT2D eigenvalue weighted by Gasteiger charge is 2.31. The number of hydrogen-bond acceptors (Lipinski definition) is 3. The van der Waals surface area contributed by atoms with Crippen LogP contribution in [0.4, 0.5) is 24.5 Å². The van der Waals surface area contributed by atoms with E-state index in [1.807, 2.05) is 0 Å². The summed E-state index contributed by atoms with van der Waals surface area (Å²) >= 11 is 0. The molecule has 0 spiro atoms. The molecule has 2 rings (SSSR count). The zero-order chi connectivity index (χ0) is 12.5. The van der Waals surface area contributed by atoms with Crippen LogP contribution in [0.3, 0.4) is 0 Å². The lowest BCUT2D eigenvalue weighted by Crippen LogP contribution is -2.30. The molecule has 2 N–H and O–H groups in total. The Kier molecular flexibility index (Phi) is 3.15. The summed E-state index contributed by atoms with van der Waals surface area (Å²) in [4.78, 5) is 5.34. The van der Waals surface area contributed by atoms with E-state index in [1.54, 1.807) is 5.06 Å². The van der Waals surface area contributed by atoms with Crippen LogP contribution in [0.25, 0.3) is 0 Å². The number of nitrogen functional groups attached to an aromatic ring is 1. The number of nitrogens with zero attached hydrogens (tertiary/aromatic N) is 1. The Morgan fingerprint density at radius 3 is 2.53 bits per heavy atom. The number of rotatable bonds is 1. The quantitative estimate of drug-likeness (QED) is 0.774. The predicted molar refractivity (Wildman–Crippen MR) is 58.4 cm³/mol. The summed E-state index contributed by atoms with van der Waals surface area (Å²) in [6.45, 7) is 1.22. The highest BCUT2D eigenvalue weighted by atomic mass is 19.4. The molecule has 0 amide bonds. The molecule has 1 aromatic rings. The molecule has 3 nitrogen and oxygen atoms in total. The van der Waals surface area contributed by atoms with Crippen LogP contribution in [-0.2, 0) is 11.0 Å². The van der Waals surface area contributed by atoms with Gasteiger partial charge in [0.2, 0.25) is 0 Å².